The lowest BCUT2D eigenvalue weighted by molar-refractivity contribution is 0.123. The molecule has 1 aliphatic heterocycles. The van der Waals surface area contributed by atoms with Crippen LogP contribution in [0.1, 0.15) is 62.8 Å². The molecule has 1 aromatic rings. The first-order valence-electron chi connectivity index (χ1n) is 7.66. The van der Waals surface area contributed by atoms with Crippen molar-refractivity contribution in [2.75, 3.05) is 0 Å². The van der Waals surface area contributed by atoms with E-state index < -0.39 is 0 Å². The highest BCUT2D eigenvalue weighted by Gasteiger charge is 2.42. The fourth-order valence-electron chi connectivity index (χ4n) is 3.02. The van der Waals surface area contributed by atoms with Gasteiger partial charge >= 0.3 is 0 Å². The van der Waals surface area contributed by atoms with E-state index in [9.17, 15) is 5.11 Å². The zero-order valence-electron chi connectivity index (χ0n) is 14.6. The summed E-state index contributed by atoms with van der Waals surface area (Å²) in [6, 6.07) is 0. The number of rotatable bonds is 1. The van der Waals surface area contributed by atoms with E-state index >= 15 is 0 Å². The molecule has 0 aromatic heterocycles. The Labute approximate surface area is 128 Å². The van der Waals surface area contributed by atoms with Crippen molar-refractivity contribution >= 4 is 0 Å². The van der Waals surface area contributed by atoms with E-state index in [1.54, 1.807) is 0 Å². The Balaban J connectivity index is 2.64. The van der Waals surface area contributed by atoms with Gasteiger partial charge in [0.15, 0.2) is 0 Å². The number of phenols is 1. The van der Waals surface area contributed by atoms with E-state index in [-0.39, 0.29) is 16.9 Å². The molecule has 0 radical (unpaired) electrons. The highest BCUT2D eigenvalue weighted by atomic mass is 16.5. The number of allylic oxidation sites excluding steroid dienone is 1. The maximum absolute atomic E-state index is 10.4. The molecule has 1 aliphatic rings. The fraction of sp³-hybridized carbons (Fsp3) is 0.579. The molecule has 21 heavy (non-hydrogen) atoms. The number of hydrogen-bond donors (Lipinski definition) is 1. The summed E-state index contributed by atoms with van der Waals surface area (Å²) in [7, 11) is 0. The molecule has 2 nitrogen and oxygen atoms in total. The number of fused-ring (bicyclic) bond motifs is 1. The lowest BCUT2D eigenvalue weighted by atomic mass is 9.81. The smallest absolute Gasteiger partial charge is 0.127 e. The zero-order valence-corrected chi connectivity index (χ0v) is 14.6. The van der Waals surface area contributed by atoms with Crippen LogP contribution in [0, 0.1) is 26.2 Å². The predicted octanol–water partition coefficient (Wildman–Crippen LogP) is 5.17. The van der Waals surface area contributed by atoms with Crippen molar-refractivity contribution < 1.29 is 9.84 Å². The van der Waals surface area contributed by atoms with Crippen LogP contribution in [0.4, 0.5) is 0 Å². The molecule has 0 spiro atoms. The van der Waals surface area contributed by atoms with Gasteiger partial charge in [0.1, 0.15) is 17.1 Å². The summed E-state index contributed by atoms with van der Waals surface area (Å²) in [6.07, 6.45) is 4.48. The van der Waals surface area contributed by atoms with Crippen LogP contribution >= 0.6 is 0 Å². The zero-order chi connectivity index (χ0) is 16.2. The van der Waals surface area contributed by atoms with E-state index in [4.69, 9.17) is 4.74 Å². The summed E-state index contributed by atoms with van der Waals surface area (Å²) >= 11 is 0. The predicted molar refractivity (Wildman–Crippen MR) is 88.4 cm³/mol. The second-order valence-electron chi connectivity index (χ2n) is 7.87. The second kappa shape index (κ2) is 4.79. The monoisotopic (exact) mass is 288 g/mol. The average Bonchev–Trinajstić information content (AvgIpc) is 2.62. The van der Waals surface area contributed by atoms with Crippen molar-refractivity contribution in [1.82, 2.24) is 0 Å². The summed E-state index contributed by atoms with van der Waals surface area (Å²) in [5, 5.41) is 10.4. The Morgan fingerprint density at radius 1 is 1.05 bits per heavy atom. The van der Waals surface area contributed by atoms with Crippen LogP contribution in [0.15, 0.2) is 12.2 Å². The van der Waals surface area contributed by atoms with Crippen molar-refractivity contribution in [3.63, 3.8) is 0 Å². The quantitative estimate of drug-likeness (QED) is 0.722. The molecule has 1 heterocycles. The molecule has 0 aliphatic carbocycles. The minimum atomic E-state index is -0.292. The van der Waals surface area contributed by atoms with Crippen molar-refractivity contribution in [2.45, 2.75) is 66.9 Å². The molecule has 0 bridgehead atoms. The van der Waals surface area contributed by atoms with Gasteiger partial charge in [-0.05, 0) is 56.7 Å². The standard InChI is InChI=1S/C19H28O2/c1-11-12(2)17-15(13(3)16(11)20)14(19(7,8)21-17)9-10-18(4,5)6/h9-10,14,20H,1-8H3. The minimum absolute atomic E-state index is 0.133. The third-order valence-corrected chi connectivity index (χ3v) is 4.48. The molecular weight excluding hydrogens is 260 g/mol. The van der Waals surface area contributed by atoms with E-state index in [0.29, 0.717) is 5.75 Å². The summed E-state index contributed by atoms with van der Waals surface area (Å²) in [6.45, 7) is 16.8. The molecule has 0 saturated carbocycles. The summed E-state index contributed by atoms with van der Waals surface area (Å²) in [5.41, 5.74) is 3.90. The lowest BCUT2D eigenvalue weighted by Crippen LogP contribution is -2.29. The molecule has 2 rings (SSSR count). The number of benzene rings is 1. The summed E-state index contributed by atoms with van der Waals surface area (Å²) < 4.78 is 6.26. The van der Waals surface area contributed by atoms with Gasteiger partial charge in [0, 0.05) is 11.5 Å². The fourth-order valence-corrected chi connectivity index (χ4v) is 3.02. The van der Waals surface area contributed by atoms with Crippen molar-refractivity contribution in [1.29, 1.82) is 0 Å². The number of hydrogen-bond acceptors (Lipinski definition) is 2. The number of phenolic OH excluding ortho intramolecular Hbond substituents is 1. The Morgan fingerprint density at radius 3 is 2.14 bits per heavy atom. The maximum atomic E-state index is 10.4. The van der Waals surface area contributed by atoms with Crippen LogP contribution in [0.25, 0.3) is 0 Å². The maximum Gasteiger partial charge on any atom is 0.127 e. The normalized spacial score (nSPS) is 20.7. The molecule has 1 N–H and O–H groups in total. The summed E-state index contributed by atoms with van der Waals surface area (Å²) in [4.78, 5) is 0. The van der Waals surface area contributed by atoms with Gasteiger partial charge in [-0.15, -0.1) is 0 Å². The first-order chi connectivity index (χ1) is 9.46. The van der Waals surface area contributed by atoms with Gasteiger partial charge in [-0.25, -0.2) is 0 Å². The van der Waals surface area contributed by atoms with Gasteiger partial charge in [-0.3, -0.25) is 0 Å². The van der Waals surface area contributed by atoms with Gasteiger partial charge in [-0.2, -0.15) is 0 Å². The second-order valence-corrected chi connectivity index (χ2v) is 7.87. The number of aromatic hydroxyl groups is 1. The summed E-state index contributed by atoms with van der Waals surface area (Å²) in [5.74, 6) is 1.52. The SMILES string of the molecule is Cc1c(C)c2c(c(C)c1O)C(C=CC(C)(C)C)C(C)(C)O2. The Morgan fingerprint density at radius 2 is 1.62 bits per heavy atom. The minimum Gasteiger partial charge on any atom is -0.507 e. The van der Waals surface area contributed by atoms with Crippen molar-refractivity contribution in [2.24, 2.45) is 5.41 Å². The van der Waals surface area contributed by atoms with Crippen LogP contribution < -0.4 is 4.74 Å². The Hall–Kier alpha value is -1.44. The third kappa shape index (κ3) is 2.68. The van der Waals surface area contributed by atoms with Crippen LogP contribution in [0.5, 0.6) is 11.5 Å². The average molecular weight is 288 g/mol. The molecule has 0 amide bonds. The van der Waals surface area contributed by atoms with Crippen LogP contribution in [-0.2, 0) is 0 Å². The molecule has 1 unspecified atom stereocenters. The largest absolute Gasteiger partial charge is 0.507 e. The third-order valence-electron chi connectivity index (χ3n) is 4.48. The van der Waals surface area contributed by atoms with E-state index in [1.807, 2.05) is 20.8 Å². The highest BCUT2D eigenvalue weighted by molar-refractivity contribution is 5.62. The van der Waals surface area contributed by atoms with Gasteiger partial charge in [0.25, 0.3) is 0 Å². The van der Waals surface area contributed by atoms with E-state index in [0.717, 1.165) is 28.0 Å². The molecule has 1 atom stereocenters. The first-order valence-corrected chi connectivity index (χ1v) is 7.66. The van der Waals surface area contributed by atoms with Gasteiger partial charge in [-0.1, -0.05) is 32.9 Å². The Kier molecular flexibility index (Phi) is 3.64. The van der Waals surface area contributed by atoms with Crippen molar-refractivity contribution in [3.05, 3.63) is 34.4 Å². The van der Waals surface area contributed by atoms with E-state index in [2.05, 4.69) is 46.8 Å². The lowest BCUT2D eigenvalue weighted by Gasteiger charge is -2.25. The molecule has 2 heteroatoms. The molecule has 0 fully saturated rings. The highest BCUT2D eigenvalue weighted by Crippen LogP contribution is 2.52. The van der Waals surface area contributed by atoms with E-state index in [1.165, 1.54) is 0 Å². The van der Waals surface area contributed by atoms with Gasteiger partial charge in [0.05, 0.1) is 0 Å². The van der Waals surface area contributed by atoms with Crippen LogP contribution in [0.2, 0.25) is 0 Å². The van der Waals surface area contributed by atoms with Gasteiger partial charge in [0.2, 0.25) is 0 Å². The first kappa shape index (κ1) is 15.9. The molecule has 1 aromatic carbocycles. The van der Waals surface area contributed by atoms with Crippen LogP contribution in [-0.4, -0.2) is 10.7 Å². The van der Waals surface area contributed by atoms with Gasteiger partial charge < -0.3 is 9.84 Å². The van der Waals surface area contributed by atoms with Crippen molar-refractivity contribution in [3.8, 4) is 11.5 Å². The topological polar surface area (TPSA) is 29.5 Å². The molecular formula is C19H28O2. The number of ether oxygens (including phenoxy) is 1. The molecule has 0 saturated heterocycles. The van der Waals surface area contributed by atoms with Crippen LogP contribution in [0.3, 0.4) is 0 Å². The Bertz CT molecular complexity index is 601. The molecule has 116 valence electrons.